The Morgan fingerprint density at radius 3 is 2.74 bits per heavy atom. The molecule has 7 nitrogen and oxygen atoms in total. The smallest absolute Gasteiger partial charge is 0.251 e. The van der Waals surface area contributed by atoms with E-state index in [1.54, 1.807) is 11.8 Å². The van der Waals surface area contributed by atoms with Crippen LogP contribution in [-0.2, 0) is 18.7 Å². The van der Waals surface area contributed by atoms with E-state index in [4.69, 9.17) is 19.4 Å². The summed E-state index contributed by atoms with van der Waals surface area (Å²) in [5.41, 5.74) is 3.73. The fraction of sp³-hybridized carbons (Fsp3) is 0.346. The Morgan fingerprint density at radius 1 is 1.03 bits per heavy atom. The van der Waals surface area contributed by atoms with Crippen LogP contribution >= 0.6 is 11.8 Å². The van der Waals surface area contributed by atoms with Crippen LogP contribution in [0.4, 0.5) is 5.82 Å². The minimum atomic E-state index is -0.106. The molecular formula is C26H28N4O3S. The summed E-state index contributed by atoms with van der Waals surface area (Å²) in [5, 5.41) is 3.78. The van der Waals surface area contributed by atoms with Crippen LogP contribution < -0.4 is 19.7 Å². The van der Waals surface area contributed by atoms with Gasteiger partial charge in [0.1, 0.15) is 5.82 Å². The van der Waals surface area contributed by atoms with E-state index in [0.29, 0.717) is 23.6 Å². The highest BCUT2D eigenvalue weighted by atomic mass is 32.2. The number of carbonyl (C=O) groups is 1. The number of rotatable bonds is 8. The molecule has 3 aromatic rings. The summed E-state index contributed by atoms with van der Waals surface area (Å²) in [6, 6.07) is 15.5. The molecule has 3 heterocycles. The Hall–Kier alpha value is -3.26. The normalized spacial score (nSPS) is 14.4. The SMILES string of the molecule is CCc1cc(N2CCCC2)nc(SCc2cccc(C(=O)NCc3ccc4c(c3)OCO4)c2)n1. The Labute approximate surface area is 203 Å². The summed E-state index contributed by atoms with van der Waals surface area (Å²) in [5.74, 6) is 3.08. The predicted octanol–water partition coefficient (Wildman–Crippen LogP) is 4.59. The van der Waals surface area contributed by atoms with Gasteiger partial charge < -0.3 is 19.7 Å². The van der Waals surface area contributed by atoms with Crippen LogP contribution in [0.2, 0.25) is 0 Å². The summed E-state index contributed by atoms with van der Waals surface area (Å²) in [6.45, 7) is 4.91. The van der Waals surface area contributed by atoms with E-state index >= 15 is 0 Å². The van der Waals surface area contributed by atoms with Crippen molar-refractivity contribution in [1.29, 1.82) is 0 Å². The molecule has 0 atom stereocenters. The first-order chi connectivity index (χ1) is 16.7. The zero-order chi connectivity index (χ0) is 23.3. The van der Waals surface area contributed by atoms with Crippen molar-refractivity contribution in [2.75, 3.05) is 24.8 Å². The minimum absolute atomic E-state index is 0.106. The van der Waals surface area contributed by atoms with Gasteiger partial charge in [0.2, 0.25) is 6.79 Å². The third kappa shape index (κ3) is 5.28. The molecule has 0 aliphatic carbocycles. The van der Waals surface area contributed by atoms with Crippen LogP contribution in [0.3, 0.4) is 0 Å². The fourth-order valence-electron chi connectivity index (χ4n) is 4.10. The first-order valence-corrected chi connectivity index (χ1v) is 12.7. The van der Waals surface area contributed by atoms with E-state index in [1.807, 2.05) is 42.5 Å². The van der Waals surface area contributed by atoms with Gasteiger partial charge in [-0.3, -0.25) is 4.79 Å². The van der Waals surface area contributed by atoms with Crippen LogP contribution in [0.25, 0.3) is 0 Å². The number of amides is 1. The number of nitrogens with zero attached hydrogens (tertiary/aromatic N) is 3. The van der Waals surface area contributed by atoms with Crippen molar-refractivity contribution < 1.29 is 14.3 Å². The Bertz CT molecular complexity index is 1180. The van der Waals surface area contributed by atoms with Gasteiger partial charge in [0.15, 0.2) is 16.7 Å². The molecular weight excluding hydrogens is 448 g/mol. The number of ether oxygens (including phenoxy) is 2. The molecule has 0 saturated carbocycles. The van der Waals surface area contributed by atoms with Crippen LogP contribution in [0, 0.1) is 0 Å². The third-order valence-corrected chi connectivity index (χ3v) is 6.90. The van der Waals surface area contributed by atoms with Gasteiger partial charge in [-0.25, -0.2) is 9.97 Å². The largest absolute Gasteiger partial charge is 0.454 e. The number of hydrogen-bond acceptors (Lipinski definition) is 7. The van der Waals surface area contributed by atoms with Gasteiger partial charge in [0.05, 0.1) is 0 Å². The van der Waals surface area contributed by atoms with Gasteiger partial charge in [-0.05, 0) is 54.7 Å². The second kappa shape index (κ2) is 10.3. The number of fused-ring (bicyclic) bond motifs is 1. The Balaban J connectivity index is 1.21. The van der Waals surface area contributed by atoms with Gasteiger partial charge in [0, 0.05) is 42.7 Å². The highest BCUT2D eigenvalue weighted by Gasteiger charge is 2.16. The lowest BCUT2D eigenvalue weighted by Gasteiger charge is -2.17. The molecule has 2 aliphatic rings. The van der Waals surface area contributed by atoms with E-state index in [0.717, 1.165) is 53.1 Å². The molecule has 0 bridgehead atoms. The summed E-state index contributed by atoms with van der Waals surface area (Å²) in [6.07, 6.45) is 3.32. The number of thioether (sulfide) groups is 1. The lowest BCUT2D eigenvalue weighted by molar-refractivity contribution is 0.0950. The topological polar surface area (TPSA) is 76.6 Å². The van der Waals surface area contributed by atoms with Crippen LogP contribution in [0.5, 0.6) is 11.5 Å². The average Bonchev–Trinajstić information content (AvgIpc) is 3.58. The maximum absolute atomic E-state index is 12.7. The molecule has 1 N–H and O–H groups in total. The molecule has 1 saturated heterocycles. The van der Waals surface area contributed by atoms with Crippen molar-refractivity contribution in [2.24, 2.45) is 0 Å². The molecule has 176 valence electrons. The molecule has 2 aliphatic heterocycles. The standard InChI is InChI=1S/C26H28N4O3S/c1-2-21-14-24(30-10-3-4-11-30)29-26(28-21)34-16-19-6-5-7-20(12-19)25(31)27-15-18-8-9-22-23(13-18)33-17-32-22/h5-9,12-14H,2-4,10-11,15-17H2,1H3,(H,27,31). The Kier molecular flexibility index (Phi) is 6.85. The molecule has 1 amide bonds. The lowest BCUT2D eigenvalue weighted by Crippen LogP contribution is -2.22. The third-order valence-electron chi connectivity index (χ3n) is 5.98. The molecule has 0 radical (unpaired) electrons. The molecule has 34 heavy (non-hydrogen) atoms. The summed E-state index contributed by atoms with van der Waals surface area (Å²) in [7, 11) is 0. The van der Waals surface area contributed by atoms with Crippen LogP contribution in [0.1, 0.15) is 46.9 Å². The number of carbonyl (C=O) groups excluding carboxylic acids is 1. The van der Waals surface area contributed by atoms with Gasteiger partial charge >= 0.3 is 0 Å². The number of anilines is 1. The van der Waals surface area contributed by atoms with Crippen molar-refractivity contribution in [3.05, 3.63) is 70.9 Å². The monoisotopic (exact) mass is 476 g/mol. The summed E-state index contributed by atoms with van der Waals surface area (Å²) in [4.78, 5) is 24.6. The number of aryl methyl sites for hydroxylation is 1. The molecule has 1 fully saturated rings. The summed E-state index contributed by atoms with van der Waals surface area (Å²) >= 11 is 1.61. The van der Waals surface area contributed by atoms with Crippen molar-refractivity contribution in [3.63, 3.8) is 0 Å². The molecule has 5 rings (SSSR count). The van der Waals surface area contributed by atoms with Gasteiger partial charge in [-0.15, -0.1) is 0 Å². The summed E-state index contributed by atoms with van der Waals surface area (Å²) < 4.78 is 10.7. The van der Waals surface area contributed by atoms with E-state index < -0.39 is 0 Å². The molecule has 0 spiro atoms. The van der Waals surface area contributed by atoms with Gasteiger partial charge in [-0.2, -0.15) is 0 Å². The van der Waals surface area contributed by atoms with Gasteiger partial charge in [0.25, 0.3) is 5.91 Å². The van der Waals surface area contributed by atoms with E-state index in [-0.39, 0.29) is 12.7 Å². The second-order valence-corrected chi connectivity index (χ2v) is 9.35. The first-order valence-electron chi connectivity index (χ1n) is 11.7. The lowest BCUT2D eigenvalue weighted by atomic mass is 10.1. The average molecular weight is 477 g/mol. The highest BCUT2D eigenvalue weighted by molar-refractivity contribution is 7.98. The number of hydrogen-bond donors (Lipinski definition) is 1. The molecule has 0 unspecified atom stereocenters. The van der Waals surface area contributed by atoms with Crippen molar-refractivity contribution in [1.82, 2.24) is 15.3 Å². The zero-order valence-corrected chi connectivity index (χ0v) is 20.1. The quantitative estimate of drug-likeness (QED) is 0.376. The minimum Gasteiger partial charge on any atom is -0.454 e. The zero-order valence-electron chi connectivity index (χ0n) is 19.3. The van der Waals surface area contributed by atoms with E-state index in [2.05, 4.69) is 23.2 Å². The van der Waals surface area contributed by atoms with Crippen LogP contribution in [-0.4, -0.2) is 35.8 Å². The number of aromatic nitrogens is 2. The highest BCUT2D eigenvalue weighted by Crippen LogP contribution is 2.32. The molecule has 8 heteroatoms. The molecule has 2 aromatic carbocycles. The van der Waals surface area contributed by atoms with Crippen LogP contribution in [0.15, 0.2) is 53.7 Å². The molecule has 1 aromatic heterocycles. The Morgan fingerprint density at radius 2 is 1.88 bits per heavy atom. The van der Waals surface area contributed by atoms with Gasteiger partial charge in [-0.1, -0.05) is 36.9 Å². The fourth-order valence-corrected chi connectivity index (χ4v) is 4.91. The number of nitrogens with one attached hydrogen (secondary N) is 1. The van der Waals surface area contributed by atoms with E-state index in [9.17, 15) is 4.79 Å². The van der Waals surface area contributed by atoms with Crippen molar-refractivity contribution >= 4 is 23.5 Å². The maximum Gasteiger partial charge on any atom is 0.251 e. The predicted molar refractivity (Wildman–Crippen MR) is 133 cm³/mol. The first kappa shape index (κ1) is 22.5. The van der Waals surface area contributed by atoms with Crippen molar-refractivity contribution in [3.8, 4) is 11.5 Å². The second-order valence-electron chi connectivity index (χ2n) is 8.41. The number of benzene rings is 2. The maximum atomic E-state index is 12.7. The van der Waals surface area contributed by atoms with E-state index in [1.165, 1.54) is 12.8 Å². The van der Waals surface area contributed by atoms with Crippen molar-refractivity contribution in [2.45, 2.75) is 43.6 Å².